The van der Waals surface area contributed by atoms with Gasteiger partial charge in [-0.05, 0) is 73.5 Å². The fourth-order valence-electron chi connectivity index (χ4n) is 8.33. The van der Waals surface area contributed by atoms with Gasteiger partial charge in [0.05, 0.1) is 18.8 Å². The summed E-state index contributed by atoms with van der Waals surface area (Å²) in [4.78, 5) is 33.4. The van der Waals surface area contributed by atoms with Crippen LogP contribution in [-0.4, -0.2) is 42.0 Å². The van der Waals surface area contributed by atoms with Crippen LogP contribution in [0.15, 0.2) is 54.6 Å². The normalized spacial score (nSPS) is 26.6. The van der Waals surface area contributed by atoms with Crippen LogP contribution in [0.3, 0.4) is 0 Å². The second-order valence-corrected chi connectivity index (χ2v) is 13.9. The Morgan fingerprint density at radius 2 is 1.63 bits per heavy atom. The number of carbonyl (C=O) groups excluding carboxylic acids is 2. The molecule has 3 saturated carbocycles. The van der Waals surface area contributed by atoms with Crippen LogP contribution < -0.4 is 0 Å². The van der Waals surface area contributed by atoms with E-state index >= 15 is 0 Å². The number of fused-ring (bicyclic) bond motifs is 1. The number of hydroxylamine groups is 2. The Hall–Kier alpha value is -2.90. The SMILES string of the molecule is COC(=O)[C@H]([C@@H](C)OC1(C)CCCC1)N(OCc1ccccc1C12CC(C)CCC1C2(C)C)C(=O)OCc1ccccc1. The van der Waals surface area contributed by atoms with Gasteiger partial charge in [-0.15, -0.1) is 0 Å². The number of hydrogen-bond donors (Lipinski definition) is 0. The van der Waals surface area contributed by atoms with Crippen LogP contribution in [0.4, 0.5) is 4.79 Å². The molecule has 0 bridgehead atoms. The molecule has 1 amide bonds. The molecule has 43 heavy (non-hydrogen) atoms. The maximum absolute atomic E-state index is 13.7. The molecule has 3 unspecified atom stereocenters. The molecule has 2 aromatic carbocycles. The smallest absolute Gasteiger partial charge is 0.435 e. The molecule has 7 heteroatoms. The lowest BCUT2D eigenvalue weighted by molar-refractivity contribution is -0.217. The molecule has 5 rings (SSSR count). The van der Waals surface area contributed by atoms with E-state index in [4.69, 9.17) is 19.0 Å². The van der Waals surface area contributed by atoms with E-state index in [1.165, 1.54) is 25.5 Å². The first kappa shape index (κ1) is 31.5. The quantitative estimate of drug-likeness (QED) is 0.197. The van der Waals surface area contributed by atoms with E-state index in [0.717, 1.165) is 48.3 Å². The van der Waals surface area contributed by atoms with Crippen molar-refractivity contribution in [2.24, 2.45) is 17.3 Å². The summed E-state index contributed by atoms with van der Waals surface area (Å²) in [6, 6.07) is 16.7. The van der Waals surface area contributed by atoms with Gasteiger partial charge in [-0.25, -0.2) is 9.59 Å². The molecule has 0 aliphatic heterocycles. The number of carbonyl (C=O) groups is 2. The van der Waals surface area contributed by atoms with Crippen LogP contribution >= 0.6 is 0 Å². The molecule has 3 aliphatic carbocycles. The third-order valence-corrected chi connectivity index (χ3v) is 10.7. The van der Waals surface area contributed by atoms with Gasteiger partial charge in [0.1, 0.15) is 13.2 Å². The molecule has 3 aliphatic rings. The van der Waals surface area contributed by atoms with Crippen molar-refractivity contribution < 1.29 is 28.6 Å². The predicted octanol–water partition coefficient (Wildman–Crippen LogP) is 7.75. The molecule has 2 aromatic rings. The van der Waals surface area contributed by atoms with Crippen molar-refractivity contribution in [3.05, 3.63) is 71.3 Å². The molecule has 0 heterocycles. The van der Waals surface area contributed by atoms with Crippen molar-refractivity contribution in [3.63, 3.8) is 0 Å². The summed E-state index contributed by atoms with van der Waals surface area (Å²) >= 11 is 0. The van der Waals surface area contributed by atoms with Crippen LogP contribution in [0.1, 0.15) is 96.3 Å². The summed E-state index contributed by atoms with van der Waals surface area (Å²) in [6.07, 6.45) is 6.12. The third-order valence-electron chi connectivity index (χ3n) is 10.7. The Kier molecular flexibility index (Phi) is 9.24. The van der Waals surface area contributed by atoms with Gasteiger partial charge in [-0.1, -0.05) is 94.6 Å². The minimum absolute atomic E-state index is 0.0494. The number of hydrogen-bond acceptors (Lipinski definition) is 6. The molecule has 0 radical (unpaired) electrons. The molecule has 0 spiro atoms. The van der Waals surface area contributed by atoms with Crippen LogP contribution in [0.5, 0.6) is 0 Å². The van der Waals surface area contributed by atoms with Crippen molar-refractivity contribution in [1.29, 1.82) is 0 Å². The molecule has 0 aromatic heterocycles. The van der Waals surface area contributed by atoms with E-state index in [1.807, 2.05) is 36.4 Å². The number of amides is 1. The van der Waals surface area contributed by atoms with Gasteiger partial charge in [0.25, 0.3) is 0 Å². The van der Waals surface area contributed by atoms with Crippen molar-refractivity contribution in [3.8, 4) is 0 Å². The highest BCUT2D eigenvalue weighted by molar-refractivity contribution is 5.81. The Morgan fingerprint density at radius 3 is 2.33 bits per heavy atom. The maximum atomic E-state index is 13.7. The fraction of sp³-hybridized carbons (Fsp3) is 0.611. The Morgan fingerprint density at radius 1 is 0.953 bits per heavy atom. The van der Waals surface area contributed by atoms with Gasteiger partial charge in [-0.2, -0.15) is 5.06 Å². The number of nitrogens with zero attached hydrogens (tertiary/aromatic N) is 1. The van der Waals surface area contributed by atoms with Crippen molar-refractivity contribution in [2.75, 3.05) is 7.11 Å². The monoisotopic (exact) mass is 591 g/mol. The predicted molar refractivity (Wildman–Crippen MR) is 165 cm³/mol. The first-order valence-corrected chi connectivity index (χ1v) is 16.0. The maximum Gasteiger partial charge on any atom is 0.435 e. The van der Waals surface area contributed by atoms with E-state index < -0.39 is 24.2 Å². The summed E-state index contributed by atoms with van der Waals surface area (Å²) in [5.41, 5.74) is 3.04. The molecule has 0 N–H and O–H groups in total. The standard InChI is InChI=1S/C36H49NO6/c1-25-18-19-30-34(3,4)36(30,22-25)29-17-11-10-16-28(29)24-42-37(33(39)41-23-27-14-8-7-9-15-27)31(32(38)40-6)26(2)43-35(5)20-12-13-21-35/h7-11,14-17,25-26,30-31H,12-13,18-24H2,1-6H3/t25?,26-,30?,31+,36?/m1/s1. The lowest BCUT2D eigenvalue weighted by Crippen LogP contribution is -2.53. The lowest BCUT2D eigenvalue weighted by Gasteiger charge is -2.36. The molecular formula is C36H49NO6. The minimum atomic E-state index is -1.14. The first-order chi connectivity index (χ1) is 20.5. The van der Waals surface area contributed by atoms with Gasteiger partial charge in [-0.3, -0.25) is 4.84 Å². The molecule has 3 fully saturated rings. The second kappa shape index (κ2) is 12.6. The van der Waals surface area contributed by atoms with Crippen LogP contribution in [0.2, 0.25) is 0 Å². The zero-order valence-electron chi connectivity index (χ0n) is 26.8. The largest absolute Gasteiger partial charge is 0.467 e. The van der Waals surface area contributed by atoms with Gasteiger partial charge in [0.15, 0.2) is 6.04 Å². The van der Waals surface area contributed by atoms with Crippen molar-refractivity contribution in [2.45, 2.75) is 116 Å². The zero-order chi connectivity index (χ0) is 30.8. The number of ether oxygens (including phenoxy) is 3. The van der Waals surface area contributed by atoms with Crippen molar-refractivity contribution >= 4 is 12.1 Å². The van der Waals surface area contributed by atoms with E-state index in [2.05, 4.69) is 45.9 Å². The first-order valence-electron chi connectivity index (χ1n) is 16.0. The average Bonchev–Trinajstić information content (AvgIpc) is 3.23. The zero-order valence-corrected chi connectivity index (χ0v) is 26.8. The summed E-state index contributed by atoms with van der Waals surface area (Å²) < 4.78 is 17.4. The number of esters is 1. The summed E-state index contributed by atoms with van der Waals surface area (Å²) in [5, 5.41) is 1.06. The van der Waals surface area contributed by atoms with E-state index in [-0.39, 0.29) is 29.6 Å². The van der Waals surface area contributed by atoms with Crippen LogP contribution in [0.25, 0.3) is 0 Å². The Labute approximate surface area is 257 Å². The minimum Gasteiger partial charge on any atom is -0.467 e. The summed E-state index contributed by atoms with van der Waals surface area (Å²) in [6.45, 7) is 11.2. The van der Waals surface area contributed by atoms with Crippen LogP contribution in [-0.2, 0) is 42.5 Å². The highest BCUT2D eigenvalue weighted by atomic mass is 16.7. The fourth-order valence-corrected chi connectivity index (χ4v) is 8.33. The molecule has 234 valence electrons. The highest BCUT2D eigenvalue weighted by Crippen LogP contribution is 2.76. The van der Waals surface area contributed by atoms with Crippen molar-refractivity contribution in [1.82, 2.24) is 5.06 Å². The Balaban J connectivity index is 1.43. The van der Waals surface area contributed by atoms with Gasteiger partial charge >= 0.3 is 12.1 Å². The van der Waals surface area contributed by atoms with Crippen LogP contribution in [0, 0.1) is 17.3 Å². The number of methoxy groups -OCH3 is 1. The highest BCUT2D eigenvalue weighted by Gasteiger charge is 2.72. The van der Waals surface area contributed by atoms with Gasteiger partial charge in [0, 0.05) is 5.41 Å². The van der Waals surface area contributed by atoms with Gasteiger partial charge < -0.3 is 14.2 Å². The second-order valence-electron chi connectivity index (χ2n) is 13.9. The van der Waals surface area contributed by atoms with Gasteiger partial charge in [0.2, 0.25) is 0 Å². The summed E-state index contributed by atoms with van der Waals surface area (Å²) in [5.74, 6) is 0.657. The molecule has 5 atom stereocenters. The lowest BCUT2D eigenvalue weighted by atomic mass is 9.74. The van der Waals surface area contributed by atoms with E-state index in [0.29, 0.717) is 11.8 Å². The van der Waals surface area contributed by atoms with E-state index in [1.54, 1.807) is 6.92 Å². The Bertz CT molecular complexity index is 1270. The molecule has 0 saturated heterocycles. The molecular weight excluding hydrogens is 542 g/mol. The number of benzene rings is 2. The summed E-state index contributed by atoms with van der Waals surface area (Å²) in [7, 11) is 1.32. The number of rotatable bonds is 11. The third kappa shape index (κ3) is 6.21. The molecule has 7 nitrogen and oxygen atoms in total. The van der Waals surface area contributed by atoms with E-state index in [9.17, 15) is 9.59 Å². The average molecular weight is 592 g/mol. The topological polar surface area (TPSA) is 74.3 Å².